The second-order valence-corrected chi connectivity index (χ2v) is 9.21. The Hall–Kier alpha value is -4.39. The van der Waals surface area contributed by atoms with Crippen molar-refractivity contribution in [1.82, 2.24) is 14.3 Å². The SMILES string of the molecule is CCc1ccc(C(=O)c2ccc(F)cc2)n1/N=C(\C)c1c(C)nn2c(CC)ccc2c1-c1ccc(F)cc1. The summed E-state index contributed by atoms with van der Waals surface area (Å²) in [5.41, 5.74) is 7.59. The highest BCUT2D eigenvalue weighted by molar-refractivity contribution is 6.10. The fourth-order valence-electron chi connectivity index (χ4n) is 4.88. The zero-order valence-electron chi connectivity index (χ0n) is 21.8. The normalized spacial score (nSPS) is 11.9. The van der Waals surface area contributed by atoms with Gasteiger partial charge in [-0.2, -0.15) is 10.2 Å². The smallest absolute Gasteiger partial charge is 0.211 e. The summed E-state index contributed by atoms with van der Waals surface area (Å²) in [4.78, 5) is 13.4. The summed E-state index contributed by atoms with van der Waals surface area (Å²) in [6, 6.07) is 19.6. The Kier molecular flexibility index (Phi) is 6.76. The summed E-state index contributed by atoms with van der Waals surface area (Å²) in [5, 5.41) is 9.80. The number of benzene rings is 2. The van der Waals surface area contributed by atoms with Crippen LogP contribution in [-0.4, -0.2) is 25.8 Å². The molecule has 0 unspecified atom stereocenters. The Bertz CT molecular complexity index is 1680. The standard InChI is InChI=1S/C31H28F2N4O/c1-5-25-15-17-27-30(21-7-11-23(32)12-8-21)29(19(3)34-36(25)27)20(4)35-37-26(6-2)16-18-28(37)31(38)22-9-13-24(33)14-10-22/h7-18H,5-6H2,1-4H3/b35-20+. The summed E-state index contributed by atoms with van der Waals surface area (Å²) in [7, 11) is 0. The topological polar surface area (TPSA) is 51.7 Å². The number of carbonyl (C=O) groups excluding carboxylic acids is 1. The van der Waals surface area contributed by atoms with Gasteiger partial charge in [0, 0.05) is 28.1 Å². The fourth-order valence-corrected chi connectivity index (χ4v) is 4.88. The second kappa shape index (κ2) is 10.2. The minimum Gasteiger partial charge on any atom is -0.287 e. The first-order valence-electron chi connectivity index (χ1n) is 12.7. The monoisotopic (exact) mass is 510 g/mol. The molecule has 0 atom stereocenters. The van der Waals surface area contributed by atoms with E-state index in [2.05, 4.69) is 6.92 Å². The van der Waals surface area contributed by atoms with Crippen LogP contribution < -0.4 is 0 Å². The zero-order valence-corrected chi connectivity index (χ0v) is 21.8. The molecule has 2 aromatic carbocycles. The molecular formula is C31H28F2N4O. The molecule has 192 valence electrons. The van der Waals surface area contributed by atoms with E-state index in [1.54, 1.807) is 22.9 Å². The van der Waals surface area contributed by atoms with E-state index in [0.29, 0.717) is 23.4 Å². The number of aromatic nitrogens is 3. The molecule has 0 fully saturated rings. The molecule has 7 heteroatoms. The third-order valence-electron chi connectivity index (χ3n) is 6.79. The Morgan fingerprint density at radius 3 is 2.08 bits per heavy atom. The molecule has 0 aliphatic heterocycles. The minimum absolute atomic E-state index is 0.246. The van der Waals surface area contributed by atoms with Gasteiger partial charge >= 0.3 is 0 Å². The van der Waals surface area contributed by atoms with Crippen molar-refractivity contribution >= 4 is 17.0 Å². The van der Waals surface area contributed by atoms with Gasteiger partial charge in [-0.05, 0) is 92.9 Å². The maximum atomic E-state index is 13.8. The van der Waals surface area contributed by atoms with E-state index < -0.39 is 5.82 Å². The molecule has 0 bridgehead atoms. The van der Waals surface area contributed by atoms with E-state index in [0.717, 1.165) is 45.7 Å². The Labute approximate surface area is 220 Å². The predicted octanol–water partition coefficient (Wildman–Crippen LogP) is 7.02. The Balaban J connectivity index is 1.72. The lowest BCUT2D eigenvalue weighted by Crippen LogP contribution is -2.14. The van der Waals surface area contributed by atoms with Crippen LogP contribution in [0.5, 0.6) is 0 Å². The largest absolute Gasteiger partial charge is 0.287 e. The van der Waals surface area contributed by atoms with Crippen molar-refractivity contribution in [3.05, 3.63) is 118 Å². The average molecular weight is 511 g/mol. The molecule has 5 aromatic rings. The summed E-state index contributed by atoms with van der Waals surface area (Å²) in [5.74, 6) is -0.955. The van der Waals surface area contributed by atoms with Gasteiger partial charge in [-0.3, -0.25) is 4.79 Å². The first kappa shape index (κ1) is 25.3. The molecule has 0 saturated carbocycles. The van der Waals surface area contributed by atoms with Gasteiger partial charge in [0.1, 0.15) is 17.3 Å². The molecular weight excluding hydrogens is 482 g/mol. The molecule has 38 heavy (non-hydrogen) atoms. The van der Waals surface area contributed by atoms with Gasteiger partial charge in [0.2, 0.25) is 5.78 Å². The van der Waals surface area contributed by atoms with E-state index in [4.69, 9.17) is 10.2 Å². The van der Waals surface area contributed by atoms with Crippen LogP contribution in [0.2, 0.25) is 0 Å². The van der Waals surface area contributed by atoms with E-state index in [1.807, 2.05) is 43.5 Å². The number of halogens is 2. The zero-order chi connectivity index (χ0) is 27.0. The highest BCUT2D eigenvalue weighted by Gasteiger charge is 2.21. The predicted molar refractivity (Wildman–Crippen MR) is 146 cm³/mol. The molecule has 0 amide bonds. The van der Waals surface area contributed by atoms with Crippen molar-refractivity contribution in [2.75, 3.05) is 0 Å². The van der Waals surface area contributed by atoms with Gasteiger partial charge in [0.25, 0.3) is 0 Å². The third-order valence-corrected chi connectivity index (χ3v) is 6.79. The number of aryl methyl sites for hydroxylation is 3. The van der Waals surface area contributed by atoms with Crippen molar-refractivity contribution < 1.29 is 13.6 Å². The van der Waals surface area contributed by atoms with Crippen molar-refractivity contribution in [2.45, 2.75) is 40.5 Å². The van der Waals surface area contributed by atoms with Crippen molar-refractivity contribution in [2.24, 2.45) is 5.10 Å². The van der Waals surface area contributed by atoms with Crippen LogP contribution in [0.4, 0.5) is 8.78 Å². The van der Waals surface area contributed by atoms with E-state index in [1.165, 1.54) is 36.4 Å². The lowest BCUT2D eigenvalue weighted by Gasteiger charge is -2.17. The number of hydrogen-bond donors (Lipinski definition) is 0. The summed E-state index contributed by atoms with van der Waals surface area (Å²) < 4.78 is 30.9. The van der Waals surface area contributed by atoms with E-state index >= 15 is 0 Å². The lowest BCUT2D eigenvalue weighted by atomic mass is 9.96. The quantitative estimate of drug-likeness (QED) is 0.175. The van der Waals surface area contributed by atoms with Gasteiger partial charge in [-0.25, -0.2) is 18.0 Å². The molecule has 3 heterocycles. The number of rotatable bonds is 7. The summed E-state index contributed by atoms with van der Waals surface area (Å²) in [6.45, 7) is 7.90. The molecule has 5 nitrogen and oxygen atoms in total. The molecule has 3 aromatic heterocycles. The van der Waals surface area contributed by atoms with Crippen LogP contribution in [-0.2, 0) is 12.8 Å². The minimum atomic E-state index is -0.400. The third kappa shape index (κ3) is 4.45. The van der Waals surface area contributed by atoms with Crippen LogP contribution in [0.3, 0.4) is 0 Å². The van der Waals surface area contributed by atoms with Crippen molar-refractivity contribution in [1.29, 1.82) is 0 Å². The Morgan fingerprint density at radius 1 is 0.842 bits per heavy atom. The summed E-state index contributed by atoms with van der Waals surface area (Å²) >= 11 is 0. The van der Waals surface area contributed by atoms with Crippen LogP contribution in [0.15, 0.2) is 77.9 Å². The number of ketones is 1. The molecule has 0 aliphatic carbocycles. The van der Waals surface area contributed by atoms with Gasteiger partial charge in [0.15, 0.2) is 0 Å². The number of nitrogens with zero attached hydrogens (tertiary/aromatic N) is 4. The first-order valence-corrected chi connectivity index (χ1v) is 12.7. The number of carbonyl (C=O) groups is 1. The van der Waals surface area contributed by atoms with Gasteiger partial charge < -0.3 is 0 Å². The number of hydrogen-bond acceptors (Lipinski definition) is 3. The van der Waals surface area contributed by atoms with E-state index in [-0.39, 0.29) is 11.6 Å². The molecule has 0 N–H and O–H groups in total. The van der Waals surface area contributed by atoms with Crippen molar-refractivity contribution in [3.63, 3.8) is 0 Å². The molecule has 0 spiro atoms. The molecule has 5 rings (SSSR count). The highest BCUT2D eigenvalue weighted by atomic mass is 19.1. The molecule has 0 saturated heterocycles. The van der Waals surface area contributed by atoms with Crippen molar-refractivity contribution in [3.8, 4) is 11.1 Å². The van der Waals surface area contributed by atoms with Gasteiger partial charge in [-0.1, -0.05) is 26.0 Å². The average Bonchev–Trinajstić information content (AvgIpc) is 3.51. The number of fused-ring (bicyclic) bond motifs is 1. The van der Waals surface area contributed by atoms with Gasteiger partial charge in [-0.15, -0.1) is 0 Å². The maximum absolute atomic E-state index is 13.8. The lowest BCUT2D eigenvalue weighted by molar-refractivity contribution is 0.103. The Morgan fingerprint density at radius 2 is 1.45 bits per heavy atom. The second-order valence-electron chi connectivity index (χ2n) is 9.21. The van der Waals surface area contributed by atoms with Crippen LogP contribution in [0.1, 0.15) is 59.5 Å². The van der Waals surface area contributed by atoms with Crippen LogP contribution in [0.25, 0.3) is 16.6 Å². The van der Waals surface area contributed by atoms with Crippen LogP contribution in [0, 0.1) is 18.6 Å². The molecule has 0 radical (unpaired) electrons. The maximum Gasteiger partial charge on any atom is 0.211 e. The highest BCUT2D eigenvalue weighted by Crippen LogP contribution is 2.32. The van der Waals surface area contributed by atoms with Gasteiger partial charge in [0.05, 0.1) is 16.9 Å². The van der Waals surface area contributed by atoms with Crippen LogP contribution >= 0.6 is 0 Å². The summed E-state index contributed by atoms with van der Waals surface area (Å²) in [6.07, 6.45) is 1.47. The fraction of sp³-hybridized carbons (Fsp3) is 0.194. The van der Waals surface area contributed by atoms with E-state index in [9.17, 15) is 13.6 Å². The molecule has 0 aliphatic rings. The first-order chi connectivity index (χ1) is 18.3.